The Balaban J connectivity index is 1.88. The second kappa shape index (κ2) is 9.09. The maximum absolute atomic E-state index is 12.7. The van der Waals surface area contributed by atoms with Crippen LogP contribution in [0.4, 0.5) is 11.4 Å². The van der Waals surface area contributed by atoms with Crippen molar-refractivity contribution in [1.82, 2.24) is 4.90 Å². The number of nitrogens with zero attached hydrogens (tertiary/aromatic N) is 2. The van der Waals surface area contributed by atoms with Crippen LogP contribution in [0.15, 0.2) is 46.9 Å². The fourth-order valence-corrected chi connectivity index (χ4v) is 3.48. The van der Waals surface area contributed by atoms with Gasteiger partial charge in [0.05, 0.1) is 24.0 Å². The first kappa shape index (κ1) is 20.9. The van der Waals surface area contributed by atoms with Crippen molar-refractivity contribution < 1.29 is 19.1 Å². The van der Waals surface area contributed by atoms with Crippen molar-refractivity contribution in [2.24, 2.45) is 0 Å². The summed E-state index contributed by atoms with van der Waals surface area (Å²) < 4.78 is 5.69. The van der Waals surface area contributed by atoms with Gasteiger partial charge >= 0.3 is 5.97 Å². The van der Waals surface area contributed by atoms with Crippen molar-refractivity contribution in [3.63, 3.8) is 0 Å². The number of piperazine rings is 1. The SMILES string of the molecule is COC(=O)c1ccc(N2CCN(C(C)=O)CC2)c(NC(=O)c2ccc(Br)cc2)c1. The third kappa shape index (κ3) is 4.95. The molecule has 0 aliphatic carbocycles. The summed E-state index contributed by atoms with van der Waals surface area (Å²) in [5.74, 6) is -0.699. The average Bonchev–Trinajstić information content (AvgIpc) is 2.73. The molecule has 1 aliphatic rings. The molecule has 7 nitrogen and oxygen atoms in total. The Morgan fingerprint density at radius 2 is 1.59 bits per heavy atom. The molecule has 2 aromatic carbocycles. The van der Waals surface area contributed by atoms with Crippen LogP contribution < -0.4 is 10.2 Å². The van der Waals surface area contributed by atoms with Crippen molar-refractivity contribution in [1.29, 1.82) is 0 Å². The van der Waals surface area contributed by atoms with Crippen molar-refractivity contribution in [3.8, 4) is 0 Å². The molecule has 2 amide bonds. The highest BCUT2D eigenvalue weighted by molar-refractivity contribution is 9.10. The lowest BCUT2D eigenvalue weighted by atomic mass is 10.1. The molecule has 0 saturated carbocycles. The summed E-state index contributed by atoms with van der Waals surface area (Å²) in [6.07, 6.45) is 0. The van der Waals surface area contributed by atoms with E-state index in [1.165, 1.54) is 7.11 Å². The molecule has 0 unspecified atom stereocenters. The van der Waals surface area contributed by atoms with Crippen LogP contribution in [0.1, 0.15) is 27.6 Å². The fraction of sp³-hybridized carbons (Fsp3) is 0.286. The molecule has 2 aromatic rings. The molecule has 0 atom stereocenters. The van der Waals surface area contributed by atoms with Crippen LogP contribution in [0, 0.1) is 0 Å². The van der Waals surface area contributed by atoms with E-state index in [1.807, 2.05) is 0 Å². The number of rotatable bonds is 4. The molecule has 0 radical (unpaired) electrons. The average molecular weight is 460 g/mol. The Morgan fingerprint density at radius 3 is 2.17 bits per heavy atom. The summed E-state index contributed by atoms with van der Waals surface area (Å²) in [5.41, 5.74) is 2.18. The normalized spacial score (nSPS) is 13.8. The number of hydrogen-bond acceptors (Lipinski definition) is 5. The van der Waals surface area contributed by atoms with Crippen molar-refractivity contribution >= 4 is 45.1 Å². The third-order valence-corrected chi connectivity index (χ3v) is 5.37. The number of carbonyl (C=O) groups excluding carboxylic acids is 3. The van der Waals surface area contributed by atoms with Gasteiger partial charge in [-0.15, -0.1) is 0 Å². The molecule has 3 rings (SSSR count). The number of nitrogens with one attached hydrogen (secondary N) is 1. The van der Waals surface area contributed by atoms with Crippen LogP contribution in [0.2, 0.25) is 0 Å². The van der Waals surface area contributed by atoms with Crippen LogP contribution in [0.5, 0.6) is 0 Å². The molecule has 0 aromatic heterocycles. The van der Waals surface area contributed by atoms with Gasteiger partial charge in [-0.25, -0.2) is 4.79 Å². The molecule has 29 heavy (non-hydrogen) atoms. The maximum atomic E-state index is 12.7. The smallest absolute Gasteiger partial charge is 0.337 e. The lowest BCUT2D eigenvalue weighted by molar-refractivity contribution is -0.129. The van der Waals surface area contributed by atoms with E-state index in [0.717, 1.165) is 10.2 Å². The van der Waals surface area contributed by atoms with E-state index in [9.17, 15) is 14.4 Å². The monoisotopic (exact) mass is 459 g/mol. The standard InChI is InChI=1S/C21H22BrN3O4/c1-14(26)24-9-11-25(12-10-24)19-8-5-16(21(28)29-2)13-18(19)23-20(27)15-3-6-17(22)7-4-15/h3-8,13H,9-12H2,1-2H3,(H,23,27). The molecular formula is C21H22BrN3O4. The van der Waals surface area contributed by atoms with Crippen molar-refractivity contribution in [3.05, 3.63) is 58.1 Å². The summed E-state index contributed by atoms with van der Waals surface area (Å²) in [5, 5.41) is 2.91. The number of halogens is 1. The number of ether oxygens (including phenoxy) is 1. The van der Waals surface area contributed by atoms with Gasteiger partial charge in [0.1, 0.15) is 0 Å². The van der Waals surface area contributed by atoms with E-state index in [0.29, 0.717) is 43.0 Å². The van der Waals surface area contributed by atoms with Gasteiger partial charge in [0.2, 0.25) is 5.91 Å². The highest BCUT2D eigenvalue weighted by Gasteiger charge is 2.22. The lowest BCUT2D eigenvalue weighted by Gasteiger charge is -2.36. The topological polar surface area (TPSA) is 79.0 Å². The third-order valence-electron chi connectivity index (χ3n) is 4.84. The van der Waals surface area contributed by atoms with Gasteiger partial charge in [0.25, 0.3) is 5.91 Å². The first-order valence-electron chi connectivity index (χ1n) is 9.19. The molecule has 1 saturated heterocycles. The molecular weight excluding hydrogens is 438 g/mol. The number of carbonyl (C=O) groups is 3. The first-order valence-corrected chi connectivity index (χ1v) is 9.98. The molecule has 1 fully saturated rings. The summed E-state index contributed by atoms with van der Waals surface area (Å²) in [6, 6.07) is 12.1. The van der Waals surface area contributed by atoms with Crippen LogP contribution >= 0.6 is 15.9 Å². The molecule has 8 heteroatoms. The predicted molar refractivity (Wildman–Crippen MR) is 114 cm³/mol. The van der Waals surface area contributed by atoms with E-state index in [4.69, 9.17) is 4.74 Å². The quantitative estimate of drug-likeness (QED) is 0.710. The number of hydrogen-bond donors (Lipinski definition) is 1. The zero-order chi connectivity index (χ0) is 21.0. The molecule has 1 heterocycles. The van der Waals surface area contributed by atoms with E-state index in [2.05, 4.69) is 26.1 Å². The van der Waals surface area contributed by atoms with Gasteiger partial charge in [-0.3, -0.25) is 9.59 Å². The summed E-state index contributed by atoms with van der Waals surface area (Å²) in [6.45, 7) is 4.05. The Bertz CT molecular complexity index is 922. The van der Waals surface area contributed by atoms with Gasteiger partial charge in [0.15, 0.2) is 0 Å². The van der Waals surface area contributed by atoms with Crippen LogP contribution in [-0.4, -0.2) is 56.0 Å². The van der Waals surface area contributed by atoms with E-state index >= 15 is 0 Å². The molecule has 0 bridgehead atoms. The second-order valence-electron chi connectivity index (χ2n) is 6.68. The summed E-state index contributed by atoms with van der Waals surface area (Å²) in [4.78, 5) is 40.2. The molecule has 0 spiro atoms. The molecule has 1 aliphatic heterocycles. The summed E-state index contributed by atoms with van der Waals surface area (Å²) in [7, 11) is 1.32. The summed E-state index contributed by atoms with van der Waals surface area (Å²) >= 11 is 3.36. The van der Waals surface area contributed by atoms with Crippen LogP contribution in [0.25, 0.3) is 0 Å². The van der Waals surface area contributed by atoms with Gasteiger partial charge in [-0.05, 0) is 42.5 Å². The fourth-order valence-electron chi connectivity index (χ4n) is 3.21. The minimum atomic E-state index is -0.475. The molecule has 1 N–H and O–H groups in total. The Hall–Kier alpha value is -2.87. The number of methoxy groups -OCH3 is 1. The van der Waals surface area contributed by atoms with Gasteiger partial charge in [-0.2, -0.15) is 0 Å². The van der Waals surface area contributed by atoms with Crippen LogP contribution in [0.3, 0.4) is 0 Å². The van der Waals surface area contributed by atoms with Gasteiger partial charge in [0, 0.05) is 43.1 Å². The Labute approximate surface area is 177 Å². The van der Waals surface area contributed by atoms with E-state index in [1.54, 1.807) is 54.3 Å². The highest BCUT2D eigenvalue weighted by atomic mass is 79.9. The largest absolute Gasteiger partial charge is 0.465 e. The van der Waals surface area contributed by atoms with Gasteiger partial charge < -0.3 is 19.9 Å². The lowest BCUT2D eigenvalue weighted by Crippen LogP contribution is -2.48. The number of esters is 1. The zero-order valence-corrected chi connectivity index (χ0v) is 17.9. The number of amides is 2. The maximum Gasteiger partial charge on any atom is 0.337 e. The first-order chi connectivity index (χ1) is 13.9. The van der Waals surface area contributed by atoms with E-state index in [-0.39, 0.29) is 11.8 Å². The molecule has 152 valence electrons. The van der Waals surface area contributed by atoms with Crippen LogP contribution in [-0.2, 0) is 9.53 Å². The Morgan fingerprint density at radius 1 is 0.966 bits per heavy atom. The Kier molecular flexibility index (Phi) is 6.53. The predicted octanol–water partition coefficient (Wildman–Crippen LogP) is 3.16. The number of benzene rings is 2. The van der Waals surface area contributed by atoms with Gasteiger partial charge in [-0.1, -0.05) is 15.9 Å². The van der Waals surface area contributed by atoms with E-state index < -0.39 is 5.97 Å². The number of anilines is 2. The second-order valence-corrected chi connectivity index (χ2v) is 7.59. The highest BCUT2D eigenvalue weighted by Crippen LogP contribution is 2.29. The van der Waals surface area contributed by atoms with Crippen molar-refractivity contribution in [2.75, 3.05) is 43.5 Å². The minimum absolute atomic E-state index is 0.0504. The zero-order valence-electron chi connectivity index (χ0n) is 16.3. The minimum Gasteiger partial charge on any atom is -0.465 e. The van der Waals surface area contributed by atoms with Crippen molar-refractivity contribution in [2.45, 2.75) is 6.92 Å².